The zero-order chi connectivity index (χ0) is 19.0. The van der Waals surface area contributed by atoms with Gasteiger partial charge in [0.05, 0.1) is 24.0 Å². The molecule has 1 atom stereocenters. The van der Waals surface area contributed by atoms with Gasteiger partial charge in [-0.2, -0.15) is 0 Å². The van der Waals surface area contributed by atoms with Crippen LogP contribution < -0.4 is 25.8 Å². The number of benzene rings is 1. The number of nitrogens with one attached hydrogen (secondary N) is 2. The van der Waals surface area contributed by atoms with Crippen molar-refractivity contribution in [2.24, 2.45) is 4.99 Å². The monoisotopic (exact) mass is 369 g/mol. The number of fused-ring (bicyclic) bond motifs is 2. The minimum atomic E-state index is -0.585. The lowest BCUT2D eigenvalue weighted by atomic mass is 10.0. The third kappa shape index (κ3) is 3.19. The Hall–Kier alpha value is -3.49. The number of rotatable bonds is 3. The number of hydrogen-bond acceptors (Lipinski definition) is 8. The highest BCUT2D eigenvalue weighted by Gasteiger charge is 2.25. The summed E-state index contributed by atoms with van der Waals surface area (Å²) in [7, 11) is 0. The van der Waals surface area contributed by atoms with E-state index >= 15 is 0 Å². The molecule has 0 radical (unpaired) electrons. The Balaban J connectivity index is 1.67. The van der Waals surface area contributed by atoms with E-state index in [1.54, 1.807) is 13.0 Å². The topological polar surface area (TPSA) is 120 Å². The molecule has 4 rings (SSSR count). The Bertz CT molecular complexity index is 944. The molecule has 0 bridgehead atoms. The molecule has 9 heteroatoms. The van der Waals surface area contributed by atoms with Gasteiger partial charge in [0.2, 0.25) is 6.79 Å². The average Bonchev–Trinajstić information content (AvgIpc) is 3.09. The maximum Gasteiger partial charge on any atom is 0.412 e. The zero-order valence-electron chi connectivity index (χ0n) is 14.9. The van der Waals surface area contributed by atoms with Crippen LogP contribution in [0.25, 0.3) is 0 Å². The number of anilines is 3. The van der Waals surface area contributed by atoms with Crippen molar-refractivity contribution in [2.75, 3.05) is 29.8 Å². The van der Waals surface area contributed by atoms with E-state index in [-0.39, 0.29) is 25.3 Å². The molecule has 1 amide bonds. The first-order chi connectivity index (χ1) is 13.0. The van der Waals surface area contributed by atoms with Gasteiger partial charge in [0.1, 0.15) is 11.5 Å². The number of hydrogen-bond donors (Lipinski definition) is 3. The van der Waals surface area contributed by atoms with E-state index < -0.39 is 6.09 Å². The first-order valence-corrected chi connectivity index (χ1v) is 8.54. The van der Waals surface area contributed by atoms with Gasteiger partial charge in [-0.1, -0.05) is 0 Å². The second-order valence-corrected chi connectivity index (χ2v) is 6.07. The number of aliphatic imine (C=N–C) groups is 1. The predicted octanol–water partition coefficient (Wildman–Crippen LogP) is 2.90. The normalized spacial score (nSPS) is 16.8. The van der Waals surface area contributed by atoms with Gasteiger partial charge < -0.3 is 25.3 Å². The molecular formula is C18H19N5O4. The van der Waals surface area contributed by atoms with E-state index in [9.17, 15) is 4.79 Å². The van der Waals surface area contributed by atoms with Gasteiger partial charge in [0, 0.05) is 11.6 Å². The van der Waals surface area contributed by atoms with E-state index in [0.717, 1.165) is 11.3 Å². The number of pyridine rings is 1. The number of amides is 1. The van der Waals surface area contributed by atoms with Crippen molar-refractivity contribution in [3.8, 4) is 11.5 Å². The fraction of sp³-hybridized carbons (Fsp3) is 0.278. The summed E-state index contributed by atoms with van der Waals surface area (Å²) in [5.74, 6) is 1.91. The van der Waals surface area contributed by atoms with Gasteiger partial charge >= 0.3 is 6.09 Å². The predicted molar refractivity (Wildman–Crippen MR) is 101 cm³/mol. The van der Waals surface area contributed by atoms with E-state index in [0.29, 0.717) is 28.7 Å². The maximum atomic E-state index is 11.6. The quantitative estimate of drug-likeness (QED) is 0.761. The molecule has 1 aromatic heterocycles. The van der Waals surface area contributed by atoms with Crippen molar-refractivity contribution in [3.05, 3.63) is 29.8 Å². The van der Waals surface area contributed by atoms with Crippen molar-refractivity contribution >= 4 is 34.8 Å². The van der Waals surface area contributed by atoms with Crippen molar-refractivity contribution in [1.29, 1.82) is 0 Å². The average molecular weight is 369 g/mol. The van der Waals surface area contributed by atoms with E-state index in [1.165, 1.54) is 0 Å². The molecule has 0 spiro atoms. The van der Waals surface area contributed by atoms with Crippen LogP contribution in [0.1, 0.15) is 19.4 Å². The molecule has 9 nitrogen and oxygen atoms in total. The van der Waals surface area contributed by atoms with Crippen LogP contribution in [0.15, 0.2) is 29.3 Å². The van der Waals surface area contributed by atoms with E-state index in [1.807, 2.05) is 25.1 Å². The van der Waals surface area contributed by atoms with Crippen LogP contribution in [0, 0.1) is 0 Å². The van der Waals surface area contributed by atoms with Crippen molar-refractivity contribution in [3.63, 3.8) is 0 Å². The van der Waals surface area contributed by atoms with E-state index in [4.69, 9.17) is 24.9 Å². The molecule has 2 aliphatic rings. The summed E-state index contributed by atoms with van der Waals surface area (Å²) >= 11 is 0. The molecule has 3 heterocycles. The van der Waals surface area contributed by atoms with Crippen LogP contribution in [-0.4, -0.2) is 36.2 Å². The number of aromatic nitrogens is 1. The zero-order valence-corrected chi connectivity index (χ0v) is 14.9. The first kappa shape index (κ1) is 17.0. The van der Waals surface area contributed by atoms with Crippen molar-refractivity contribution in [2.45, 2.75) is 19.9 Å². The smallest absolute Gasteiger partial charge is 0.412 e. The highest BCUT2D eigenvalue weighted by Crippen LogP contribution is 2.39. The lowest BCUT2D eigenvalue weighted by Gasteiger charge is -2.25. The fourth-order valence-corrected chi connectivity index (χ4v) is 3.01. The van der Waals surface area contributed by atoms with Gasteiger partial charge in [-0.25, -0.2) is 14.8 Å². The fourth-order valence-electron chi connectivity index (χ4n) is 3.01. The highest BCUT2D eigenvalue weighted by atomic mass is 16.7. The largest absolute Gasteiger partial charge is 0.454 e. The number of nitrogens with zero attached hydrogens (tertiary/aromatic N) is 2. The molecule has 140 valence electrons. The second-order valence-electron chi connectivity index (χ2n) is 6.07. The minimum Gasteiger partial charge on any atom is -0.454 e. The molecule has 4 N–H and O–H groups in total. The minimum absolute atomic E-state index is 0.0879. The highest BCUT2D eigenvalue weighted by molar-refractivity contribution is 6.10. The van der Waals surface area contributed by atoms with Crippen molar-refractivity contribution < 1.29 is 19.0 Å². The summed E-state index contributed by atoms with van der Waals surface area (Å²) in [4.78, 5) is 20.5. The SMILES string of the molecule is CCOC(=O)Nc1cc2c(c(N)n1)N=C(c1ccc3c(c1)OCO3)C(C)N2. The Morgan fingerprint density at radius 1 is 1.37 bits per heavy atom. The van der Waals surface area contributed by atoms with E-state index in [2.05, 4.69) is 15.6 Å². The van der Waals surface area contributed by atoms with Crippen LogP contribution >= 0.6 is 0 Å². The molecule has 0 saturated carbocycles. The van der Waals surface area contributed by atoms with Gasteiger partial charge in [-0.15, -0.1) is 0 Å². The van der Waals surface area contributed by atoms with Crippen LogP contribution in [0.3, 0.4) is 0 Å². The summed E-state index contributed by atoms with van der Waals surface area (Å²) in [5, 5.41) is 5.90. The van der Waals surface area contributed by atoms with Gasteiger partial charge in [-0.05, 0) is 32.0 Å². The molecule has 0 aliphatic carbocycles. The van der Waals surface area contributed by atoms with Crippen LogP contribution in [0.5, 0.6) is 11.5 Å². The van der Waals surface area contributed by atoms with Crippen LogP contribution in [0.2, 0.25) is 0 Å². The van der Waals surface area contributed by atoms with Gasteiger partial charge in [0.15, 0.2) is 17.3 Å². The first-order valence-electron chi connectivity index (χ1n) is 8.54. The van der Waals surface area contributed by atoms with Gasteiger partial charge in [-0.3, -0.25) is 5.32 Å². The third-order valence-corrected chi connectivity index (χ3v) is 4.21. The number of ether oxygens (including phenoxy) is 3. The standard InChI is InChI=1S/C18H19N5O4/c1-3-25-18(24)22-14-7-11-16(17(19)21-14)23-15(9(2)20-11)10-4-5-12-13(6-10)27-8-26-12/h4-7,9,20H,3,8H2,1-2H3,(H3,19,21,22,24). The maximum absolute atomic E-state index is 11.6. The van der Waals surface area contributed by atoms with Crippen molar-refractivity contribution in [1.82, 2.24) is 4.98 Å². The molecule has 0 saturated heterocycles. The van der Waals surface area contributed by atoms with Crippen LogP contribution in [-0.2, 0) is 4.74 Å². The number of nitrogens with two attached hydrogens (primary N) is 1. The third-order valence-electron chi connectivity index (χ3n) is 4.21. The molecule has 27 heavy (non-hydrogen) atoms. The molecule has 2 aliphatic heterocycles. The summed E-state index contributed by atoms with van der Waals surface area (Å²) in [6.07, 6.45) is -0.585. The molecule has 1 unspecified atom stereocenters. The number of carbonyl (C=O) groups is 1. The Labute approximate surface area is 155 Å². The molecule has 2 aromatic rings. The Kier molecular flexibility index (Phi) is 4.19. The second kappa shape index (κ2) is 6.67. The number of carbonyl (C=O) groups excluding carboxylic acids is 1. The summed E-state index contributed by atoms with van der Waals surface area (Å²) in [5.41, 5.74) is 8.99. The van der Waals surface area contributed by atoms with Gasteiger partial charge in [0.25, 0.3) is 0 Å². The molecular weight excluding hydrogens is 350 g/mol. The molecule has 1 aromatic carbocycles. The summed E-state index contributed by atoms with van der Waals surface area (Å²) in [6.45, 7) is 4.20. The lowest BCUT2D eigenvalue weighted by Crippen LogP contribution is -2.30. The summed E-state index contributed by atoms with van der Waals surface area (Å²) < 4.78 is 15.7. The number of nitrogen functional groups attached to an aromatic ring is 1. The van der Waals surface area contributed by atoms with Crippen LogP contribution in [0.4, 0.5) is 27.8 Å². The lowest BCUT2D eigenvalue weighted by molar-refractivity contribution is 0.168. The molecule has 0 fully saturated rings. The Morgan fingerprint density at radius 2 is 2.19 bits per heavy atom. The summed E-state index contributed by atoms with van der Waals surface area (Å²) in [6, 6.07) is 7.27. The Morgan fingerprint density at radius 3 is 3.00 bits per heavy atom.